The fourth-order valence-corrected chi connectivity index (χ4v) is 2.82. The number of rotatable bonds is 4. The largest absolute Gasteiger partial charge is 0.443 e. The molecule has 0 radical (unpaired) electrons. The van der Waals surface area contributed by atoms with Crippen LogP contribution in [0.4, 0.5) is 0 Å². The Morgan fingerprint density at radius 1 is 1.30 bits per heavy atom. The summed E-state index contributed by atoms with van der Waals surface area (Å²) in [6.07, 6.45) is 7.09. The van der Waals surface area contributed by atoms with Gasteiger partial charge in [0.2, 0.25) is 5.89 Å². The number of aromatic nitrogens is 1. The third-order valence-corrected chi connectivity index (χ3v) is 4.42. The van der Waals surface area contributed by atoms with E-state index >= 15 is 0 Å². The number of aliphatic imine (C=N–C) groups is 1. The number of guanidine groups is 1. The smallest absolute Gasteiger partial charge is 0.213 e. The third kappa shape index (κ3) is 5.97. The molecule has 1 aliphatic rings. The van der Waals surface area contributed by atoms with Gasteiger partial charge in [0, 0.05) is 19.0 Å². The fourth-order valence-electron chi connectivity index (χ4n) is 2.82. The summed E-state index contributed by atoms with van der Waals surface area (Å²) in [7, 11) is 1.79. The first-order chi connectivity index (χ1) is 10.3. The van der Waals surface area contributed by atoms with Gasteiger partial charge in [-0.05, 0) is 18.3 Å². The molecule has 0 aliphatic heterocycles. The van der Waals surface area contributed by atoms with E-state index in [0.29, 0.717) is 17.9 Å². The lowest BCUT2D eigenvalue weighted by atomic mass is 9.89. The Morgan fingerprint density at radius 2 is 1.96 bits per heavy atom. The normalized spacial score (nSPS) is 17.7. The zero-order valence-electron chi connectivity index (χ0n) is 15.0. The molecule has 1 aromatic heterocycles. The van der Waals surface area contributed by atoms with E-state index in [1.807, 2.05) is 6.20 Å². The van der Waals surface area contributed by atoms with Gasteiger partial charge < -0.3 is 15.1 Å². The minimum absolute atomic E-state index is 0. The second-order valence-electron chi connectivity index (χ2n) is 7.67. The summed E-state index contributed by atoms with van der Waals surface area (Å²) in [5, 5.41) is 6.70. The van der Waals surface area contributed by atoms with Gasteiger partial charge in [-0.15, -0.1) is 24.0 Å². The number of hydrogen-bond donors (Lipinski definition) is 2. The number of hydrogen-bond acceptors (Lipinski definition) is 3. The van der Waals surface area contributed by atoms with Gasteiger partial charge in [-0.3, -0.25) is 4.99 Å². The molecule has 0 aromatic carbocycles. The van der Waals surface area contributed by atoms with Crippen molar-refractivity contribution in [1.29, 1.82) is 0 Å². The van der Waals surface area contributed by atoms with Gasteiger partial charge in [0.05, 0.1) is 12.7 Å². The van der Waals surface area contributed by atoms with Crippen LogP contribution in [-0.2, 0) is 12.0 Å². The van der Waals surface area contributed by atoms with Crippen molar-refractivity contribution in [2.75, 3.05) is 13.6 Å². The van der Waals surface area contributed by atoms with Crippen LogP contribution in [0.15, 0.2) is 15.6 Å². The van der Waals surface area contributed by atoms with Gasteiger partial charge in [-0.2, -0.15) is 0 Å². The Hall–Kier alpha value is -0.790. The van der Waals surface area contributed by atoms with Crippen LogP contribution in [0.5, 0.6) is 0 Å². The lowest BCUT2D eigenvalue weighted by molar-refractivity contribution is 0.333. The Labute approximate surface area is 157 Å². The predicted molar refractivity (Wildman–Crippen MR) is 105 cm³/mol. The van der Waals surface area contributed by atoms with Gasteiger partial charge in [0.1, 0.15) is 5.76 Å². The van der Waals surface area contributed by atoms with Gasteiger partial charge in [0.25, 0.3) is 0 Å². The van der Waals surface area contributed by atoms with E-state index in [-0.39, 0.29) is 29.4 Å². The van der Waals surface area contributed by atoms with Gasteiger partial charge in [-0.25, -0.2) is 4.98 Å². The second kappa shape index (κ2) is 8.35. The van der Waals surface area contributed by atoms with Crippen molar-refractivity contribution >= 4 is 29.9 Å². The monoisotopic (exact) mass is 434 g/mol. The number of nitrogens with zero attached hydrogens (tertiary/aromatic N) is 2. The van der Waals surface area contributed by atoms with Crippen molar-refractivity contribution in [1.82, 2.24) is 15.6 Å². The van der Waals surface area contributed by atoms with Crippen molar-refractivity contribution in [3.8, 4) is 0 Å². The molecule has 0 saturated heterocycles. The van der Waals surface area contributed by atoms with Crippen LogP contribution in [0, 0.1) is 5.41 Å². The van der Waals surface area contributed by atoms with Gasteiger partial charge in [0.15, 0.2) is 5.96 Å². The highest BCUT2D eigenvalue weighted by Gasteiger charge is 2.28. The van der Waals surface area contributed by atoms with Crippen molar-refractivity contribution in [2.24, 2.45) is 10.4 Å². The zero-order valence-corrected chi connectivity index (χ0v) is 17.4. The molecule has 132 valence electrons. The number of oxazole rings is 1. The Bertz CT molecular complexity index is 513. The highest BCUT2D eigenvalue weighted by atomic mass is 127. The summed E-state index contributed by atoms with van der Waals surface area (Å²) >= 11 is 0. The van der Waals surface area contributed by atoms with Crippen molar-refractivity contribution in [3.63, 3.8) is 0 Å². The van der Waals surface area contributed by atoms with Crippen molar-refractivity contribution in [3.05, 3.63) is 17.8 Å². The zero-order chi connectivity index (χ0) is 16.2. The van der Waals surface area contributed by atoms with E-state index in [2.05, 4.69) is 48.3 Å². The average Bonchev–Trinajstić information content (AvgIpc) is 3.08. The molecule has 0 amide bonds. The summed E-state index contributed by atoms with van der Waals surface area (Å²) in [5.41, 5.74) is 0.391. The van der Waals surface area contributed by atoms with Crippen molar-refractivity contribution < 1.29 is 4.42 Å². The Morgan fingerprint density at radius 3 is 2.48 bits per heavy atom. The molecule has 1 heterocycles. The summed E-state index contributed by atoms with van der Waals surface area (Å²) < 4.78 is 5.78. The molecule has 1 saturated carbocycles. The predicted octanol–water partition coefficient (Wildman–Crippen LogP) is 3.84. The highest BCUT2D eigenvalue weighted by molar-refractivity contribution is 14.0. The first-order valence-electron chi connectivity index (χ1n) is 8.22. The van der Waals surface area contributed by atoms with Crippen LogP contribution < -0.4 is 10.6 Å². The quantitative estimate of drug-likeness (QED) is 0.430. The first kappa shape index (κ1) is 20.3. The van der Waals surface area contributed by atoms with Crippen LogP contribution in [0.25, 0.3) is 0 Å². The third-order valence-electron chi connectivity index (χ3n) is 4.42. The van der Waals surface area contributed by atoms with Crippen LogP contribution in [0.2, 0.25) is 0 Å². The van der Waals surface area contributed by atoms with Crippen LogP contribution in [0.1, 0.15) is 65.0 Å². The maximum atomic E-state index is 5.78. The summed E-state index contributed by atoms with van der Waals surface area (Å²) in [6, 6.07) is 0. The lowest BCUT2D eigenvalue weighted by Crippen LogP contribution is -2.41. The molecule has 0 unspecified atom stereocenters. The van der Waals surface area contributed by atoms with E-state index in [4.69, 9.17) is 4.42 Å². The standard InChI is InChI=1S/C17H30N4O.HI/c1-16(2,3)13-10-19-14(22-13)11-20-15(18-5)21-12-17(4)8-6-7-9-17;/h10H,6-9,11-12H2,1-5H3,(H2,18,20,21);1H. The Kier molecular flexibility index (Phi) is 7.35. The van der Waals surface area contributed by atoms with E-state index in [0.717, 1.165) is 18.3 Å². The molecule has 5 nitrogen and oxygen atoms in total. The van der Waals surface area contributed by atoms with Crippen LogP contribution in [-0.4, -0.2) is 24.5 Å². The van der Waals surface area contributed by atoms with Gasteiger partial charge >= 0.3 is 0 Å². The molecule has 23 heavy (non-hydrogen) atoms. The average molecular weight is 434 g/mol. The highest BCUT2D eigenvalue weighted by Crippen LogP contribution is 2.36. The van der Waals surface area contributed by atoms with Crippen LogP contribution >= 0.6 is 24.0 Å². The summed E-state index contributed by atoms with van der Waals surface area (Å²) in [4.78, 5) is 8.60. The van der Waals surface area contributed by atoms with E-state index in [9.17, 15) is 0 Å². The minimum Gasteiger partial charge on any atom is -0.443 e. The molecular weight excluding hydrogens is 403 g/mol. The molecule has 2 rings (SSSR count). The Balaban J connectivity index is 0.00000264. The van der Waals surface area contributed by atoms with Crippen LogP contribution in [0.3, 0.4) is 0 Å². The topological polar surface area (TPSA) is 62.5 Å². The molecule has 2 N–H and O–H groups in total. The SMILES string of the molecule is CN=C(NCc1ncc(C(C)(C)C)o1)NCC1(C)CCCC1.I. The summed E-state index contributed by atoms with van der Waals surface area (Å²) in [5.74, 6) is 2.41. The summed E-state index contributed by atoms with van der Waals surface area (Å²) in [6.45, 7) is 10.2. The maximum Gasteiger partial charge on any atom is 0.213 e. The molecule has 1 aromatic rings. The van der Waals surface area contributed by atoms with Gasteiger partial charge in [-0.1, -0.05) is 40.5 Å². The lowest BCUT2D eigenvalue weighted by Gasteiger charge is -2.24. The number of nitrogens with one attached hydrogen (secondary N) is 2. The minimum atomic E-state index is -0.0117. The molecular formula is C17H31IN4O. The maximum absolute atomic E-state index is 5.78. The van der Waals surface area contributed by atoms with E-state index in [1.54, 1.807) is 7.05 Å². The second-order valence-corrected chi connectivity index (χ2v) is 7.67. The first-order valence-corrected chi connectivity index (χ1v) is 8.22. The molecule has 1 fully saturated rings. The molecule has 1 aliphatic carbocycles. The fraction of sp³-hybridized carbons (Fsp3) is 0.765. The van der Waals surface area contributed by atoms with Crippen molar-refractivity contribution in [2.45, 2.75) is 65.3 Å². The molecule has 0 atom stereocenters. The number of halogens is 1. The van der Waals surface area contributed by atoms with E-state index < -0.39 is 0 Å². The molecule has 6 heteroatoms. The molecule has 0 spiro atoms. The molecule has 0 bridgehead atoms. The van der Waals surface area contributed by atoms with E-state index in [1.165, 1.54) is 25.7 Å².